The van der Waals surface area contributed by atoms with Gasteiger partial charge in [-0.15, -0.1) is 11.3 Å². The van der Waals surface area contributed by atoms with Gasteiger partial charge in [0.2, 0.25) is 5.13 Å². The summed E-state index contributed by atoms with van der Waals surface area (Å²) in [6.45, 7) is 0.717. The number of aromatic nitrogens is 2. The van der Waals surface area contributed by atoms with Crippen LogP contribution in [0.2, 0.25) is 0 Å². The van der Waals surface area contributed by atoms with Gasteiger partial charge in [0, 0.05) is 38.1 Å². The molecule has 1 aromatic carbocycles. The minimum atomic E-state index is -3.45. The molecule has 2 heterocycles. The summed E-state index contributed by atoms with van der Waals surface area (Å²) in [4.78, 5) is 4.35. The zero-order valence-electron chi connectivity index (χ0n) is 13.9. The van der Waals surface area contributed by atoms with Crippen LogP contribution >= 0.6 is 22.9 Å². The molecule has 138 valence electrons. The van der Waals surface area contributed by atoms with E-state index < -0.39 is 10.0 Å². The fourth-order valence-corrected chi connectivity index (χ4v) is 5.21. The Morgan fingerprint density at radius 3 is 2.85 bits per heavy atom. The normalized spacial score (nSPS) is 11.8. The maximum Gasteiger partial charge on any atom is 0.252 e. The zero-order chi connectivity index (χ0) is 18.6. The molecular formula is C16H17FN4O2S3. The van der Waals surface area contributed by atoms with Crippen molar-refractivity contribution in [1.82, 2.24) is 13.7 Å². The highest BCUT2D eigenvalue weighted by atomic mass is 32.2. The van der Waals surface area contributed by atoms with Crippen molar-refractivity contribution >= 4 is 38.0 Å². The SMILES string of the molecule is CN(CCNc1nc(Cc2cccc(F)c2)ns1)S(=O)(=O)c1cccs1. The lowest BCUT2D eigenvalue weighted by Gasteiger charge is -2.15. The number of anilines is 1. The summed E-state index contributed by atoms with van der Waals surface area (Å²) in [5, 5.41) is 5.42. The first kappa shape index (κ1) is 18.9. The van der Waals surface area contributed by atoms with Gasteiger partial charge in [0.1, 0.15) is 15.9 Å². The van der Waals surface area contributed by atoms with E-state index in [1.807, 2.05) is 6.07 Å². The van der Waals surface area contributed by atoms with Crippen molar-refractivity contribution < 1.29 is 12.8 Å². The summed E-state index contributed by atoms with van der Waals surface area (Å²) >= 11 is 2.39. The van der Waals surface area contributed by atoms with Crippen molar-refractivity contribution in [3.8, 4) is 0 Å². The van der Waals surface area contributed by atoms with Crippen LogP contribution < -0.4 is 5.32 Å². The first-order valence-electron chi connectivity index (χ1n) is 7.76. The monoisotopic (exact) mass is 412 g/mol. The van der Waals surface area contributed by atoms with Gasteiger partial charge < -0.3 is 5.32 Å². The van der Waals surface area contributed by atoms with Crippen molar-refractivity contribution in [2.45, 2.75) is 10.6 Å². The molecule has 1 N–H and O–H groups in total. The topological polar surface area (TPSA) is 75.2 Å². The Balaban J connectivity index is 1.52. The minimum absolute atomic E-state index is 0.286. The number of sulfonamides is 1. The fourth-order valence-electron chi connectivity index (χ4n) is 2.23. The Kier molecular flexibility index (Phi) is 5.97. The first-order chi connectivity index (χ1) is 12.4. The van der Waals surface area contributed by atoms with Gasteiger partial charge >= 0.3 is 0 Å². The summed E-state index contributed by atoms with van der Waals surface area (Å²) in [5.41, 5.74) is 0.802. The van der Waals surface area contributed by atoms with Crippen molar-refractivity contribution in [3.05, 3.63) is 59.0 Å². The van der Waals surface area contributed by atoms with E-state index in [0.29, 0.717) is 34.7 Å². The standard InChI is InChI=1S/C16H17FN4O2S3/c1-21(26(22,23)15-6-3-9-24-15)8-7-18-16-19-14(20-25-16)11-12-4-2-5-13(17)10-12/h2-6,9-10H,7-8,11H2,1H3,(H,18,19,20). The van der Waals surface area contributed by atoms with Crippen LogP contribution in [0.3, 0.4) is 0 Å². The van der Waals surface area contributed by atoms with E-state index >= 15 is 0 Å². The van der Waals surface area contributed by atoms with E-state index in [0.717, 1.165) is 5.56 Å². The Labute approximate surface area is 159 Å². The molecule has 3 aromatic rings. The lowest BCUT2D eigenvalue weighted by molar-refractivity contribution is 0.482. The fraction of sp³-hybridized carbons (Fsp3) is 0.250. The van der Waals surface area contributed by atoms with Crippen LogP contribution in [0.15, 0.2) is 46.0 Å². The Morgan fingerprint density at radius 1 is 1.27 bits per heavy atom. The molecule has 0 aliphatic carbocycles. The number of nitrogens with one attached hydrogen (secondary N) is 1. The number of thiophene rings is 1. The summed E-state index contributed by atoms with van der Waals surface area (Å²) < 4.78 is 43.7. The van der Waals surface area contributed by atoms with E-state index in [9.17, 15) is 12.8 Å². The smallest absolute Gasteiger partial charge is 0.252 e. The molecule has 6 nitrogen and oxygen atoms in total. The van der Waals surface area contributed by atoms with E-state index in [-0.39, 0.29) is 5.82 Å². The van der Waals surface area contributed by atoms with Gasteiger partial charge in [-0.1, -0.05) is 18.2 Å². The number of benzene rings is 1. The molecule has 0 bridgehead atoms. The average Bonchev–Trinajstić information content (AvgIpc) is 3.27. The van der Waals surface area contributed by atoms with Gasteiger partial charge in [-0.2, -0.15) is 8.68 Å². The van der Waals surface area contributed by atoms with Crippen LogP contribution in [-0.2, 0) is 16.4 Å². The molecule has 10 heteroatoms. The number of nitrogens with zero attached hydrogens (tertiary/aromatic N) is 3. The van der Waals surface area contributed by atoms with Gasteiger partial charge in [0.05, 0.1) is 0 Å². The molecule has 0 aliphatic heterocycles. The summed E-state index contributed by atoms with van der Waals surface area (Å²) in [5.74, 6) is 0.314. The van der Waals surface area contributed by atoms with Gasteiger partial charge in [0.25, 0.3) is 10.0 Å². The predicted molar refractivity (Wildman–Crippen MR) is 102 cm³/mol. The van der Waals surface area contributed by atoms with E-state index in [2.05, 4.69) is 14.7 Å². The number of rotatable bonds is 8. The highest BCUT2D eigenvalue weighted by Crippen LogP contribution is 2.20. The second-order valence-electron chi connectivity index (χ2n) is 5.51. The zero-order valence-corrected chi connectivity index (χ0v) is 16.4. The molecule has 26 heavy (non-hydrogen) atoms. The van der Waals surface area contributed by atoms with Crippen molar-refractivity contribution in [3.63, 3.8) is 0 Å². The molecule has 2 aromatic heterocycles. The maximum absolute atomic E-state index is 13.2. The molecule has 0 aliphatic rings. The maximum atomic E-state index is 13.2. The Bertz CT molecular complexity index is 958. The third-order valence-corrected chi connectivity index (χ3v) is 7.52. The molecular weight excluding hydrogens is 395 g/mol. The lowest BCUT2D eigenvalue weighted by Crippen LogP contribution is -2.31. The molecule has 3 rings (SSSR count). The Morgan fingerprint density at radius 2 is 2.12 bits per heavy atom. The highest BCUT2D eigenvalue weighted by molar-refractivity contribution is 7.91. The van der Waals surface area contributed by atoms with E-state index in [1.54, 1.807) is 30.6 Å². The number of hydrogen-bond acceptors (Lipinski definition) is 7. The number of likely N-dealkylation sites (N-methyl/N-ethyl adjacent to an activating group) is 1. The van der Waals surface area contributed by atoms with Crippen LogP contribution in [0.4, 0.5) is 9.52 Å². The summed E-state index contributed by atoms with van der Waals surface area (Å²) in [6, 6.07) is 9.63. The lowest BCUT2D eigenvalue weighted by atomic mass is 10.1. The quantitative estimate of drug-likeness (QED) is 0.615. The summed E-state index contributed by atoms with van der Waals surface area (Å²) in [6.07, 6.45) is 0.447. The second kappa shape index (κ2) is 8.21. The summed E-state index contributed by atoms with van der Waals surface area (Å²) in [7, 11) is -1.90. The molecule has 0 saturated carbocycles. The van der Waals surface area contributed by atoms with Gasteiger partial charge in [-0.05, 0) is 29.1 Å². The van der Waals surface area contributed by atoms with Crippen molar-refractivity contribution in [2.75, 3.05) is 25.5 Å². The van der Waals surface area contributed by atoms with Crippen LogP contribution in [0.5, 0.6) is 0 Å². The molecule has 0 spiro atoms. The molecule has 0 atom stereocenters. The van der Waals surface area contributed by atoms with Crippen LogP contribution in [0.25, 0.3) is 0 Å². The van der Waals surface area contributed by atoms with Gasteiger partial charge in [-0.3, -0.25) is 0 Å². The van der Waals surface area contributed by atoms with Gasteiger partial charge in [-0.25, -0.2) is 17.8 Å². The minimum Gasteiger partial charge on any atom is -0.359 e. The van der Waals surface area contributed by atoms with E-state index in [4.69, 9.17) is 0 Å². The predicted octanol–water partition coefficient (Wildman–Crippen LogP) is 3.06. The molecule has 0 saturated heterocycles. The Hall–Kier alpha value is -1.88. The highest BCUT2D eigenvalue weighted by Gasteiger charge is 2.21. The average molecular weight is 413 g/mol. The van der Waals surface area contributed by atoms with Crippen molar-refractivity contribution in [1.29, 1.82) is 0 Å². The third-order valence-electron chi connectivity index (χ3n) is 3.58. The third kappa shape index (κ3) is 4.64. The molecule has 0 amide bonds. The van der Waals surface area contributed by atoms with Crippen LogP contribution in [-0.4, -0.2) is 42.2 Å². The largest absolute Gasteiger partial charge is 0.359 e. The van der Waals surface area contributed by atoms with E-state index in [1.165, 1.54) is 39.3 Å². The number of halogens is 1. The second-order valence-corrected chi connectivity index (χ2v) is 9.48. The van der Waals surface area contributed by atoms with Crippen LogP contribution in [0.1, 0.15) is 11.4 Å². The number of hydrogen-bond donors (Lipinski definition) is 1. The van der Waals surface area contributed by atoms with Gasteiger partial charge in [0.15, 0.2) is 0 Å². The van der Waals surface area contributed by atoms with Crippen molar-refractivity contribution in [2.24, 2.45) is 0 Å². The molecule has 0 radical (unpaired) electrons. The first-order valence-corrected chi connectivity index (χ1v) is 10.9. The molecule has 0 unspecified atom stereocenters. The van der Waals surface area contributed by atoms with Crippen LogP contribution in [0, 0.1) is 5.82 Å². The molecule has 0 fully saturated rings.